The number of ether oxygens (including phenoxy) is 2. The molecule has 3 N–H and O–H groups in total. The summed E-state index contributed by atoms with van der Waals surface area (Å²) in [6, 6.07) is 7.70. The number of carbonyl (C=O) groups excluding carboxylic acids is 2. The van der Waals surface area contributed by atoms with Crippen LogP contribution in [0.2, 0.25) is 5.02 Å². The highest BCUT2D eigenvalue weighted by Gasteiger charge is 2.37. The molecule has 2 amide bonds. The normalized spacial score (nSPS) is 17.9. The van der Waals surface area contributed by atoms with E-state index in [1.54, 1.807) is 61.0 Å². The van der Waals surface area contributed by atoms with E-state index in [0.29, 0.717) is 42.4 Å². The van der Waals surface area contributed by atoms with E-state index < -0.39 is 33.7 Å². The van der Waals surface area contributed by atoms with Gasteiger partial charge in [0.15, 0.2) is 0 Å². The van der Waals surface area contributed by atoms with Crippen molar-refractivity contribution < 1.29 is 29.1 Å². The molecule has 0 unspecified atom stereocenters. The number of imidazole rings is 2. The van der Waals surface area contributed by atoms with E-state index in [1.165, 1.54) is 12.3 Å². The van der Waals surface area contributed by atoms with Gasteiger partial charge in [-0.15, -0.1) is 0 Å². The predicted molar refractivity (Wildman–Crippen MR) is 190 cm³/mol. The van der Waals surface area contributed by atoms with Gasteiger partial charge in [0.2, 0.25) is 5.75 Å². The number of aromatic amines is 2. The summed E-state index contributed by atoms with van der Waals surface area (Å²) in [6.45, 7) is 12.0. The number of rotatable bonds is 6. The Morgan fingerprint density at radius 1 is 0.863 bits per heavy atom. The third-order valence-corrected chi connectivity index (χ3v) is 9.04. The van der Waals surface area contributed by atoms with E-state index in [2.05, 4.69) is 15.0 Å². The number of nitrogens with one attached hydrogen (secondary N) is 2. The second kappa shape index (κ2) is 13.5. The number of benzene rings is 2. The van der Waals surface area contributed by atoms with E-state index in [9.17, 15) is 24.8 Å². The Kier molecular flexibility index (Phi) is 9.49. The lowest BCUT2D eigenvalue weighted by atomic mass is 9.98. The first kappa shape index (κ1) is 35.7. The number of phenols is 1. The lowest BCUT2D eigenvalue weighted by Gasteiger charge is -2.27. The van der Waals surface area contributed by atoms with Crippen LogP contribution < -0.4 is 0 Å². The molecule has 6 rings (SSSR count). The number of hydrogen-bond donors (Lipinski definition) is 3. The van der Waals surface area contributed by atoms with Crippen LogP contribution in [0.1, 0.15) is 91.0 Å². The standard InChI is InChI=1S/C36H42ClN7O7/c1-35(2,3)50-33(46)42-15-7-9-26(42)31-38-18-24(40-31)20-11-13-21(14-12-20)28-23(37)17-22(30(45)29(28)44(48)49)25-19-39-32(41-25)27-10-8-16-43(27)34(47)51-36(4,5)6/h11-14,17-19,26-27,45H,7-10,15-16H2,1-6H3,(H,38,40)(H,39,41)/t26-,27-/m0/s1. The summed E-state index contributed by atoms with van der Waals surface area (Å²) in [5, 5.41) is 23.8. The number of likely N-dealkylation sites (tertiary alicyclic amines) is 2. The molecule has 15 heteroatoms. The van der Waals surface area contributed by atoms with Gasteiger partial charge < -0.3 is 24.5 Å². The van der Waals surface area contributed by atoms with Gasteiger partial charge in [-0.25, -0.2) is 19.6 Å². The highest BCUT2D eigenvalue weighted by molar-refractivity contribution is 6.34. The number of aromatic nitrogens is 4. The molecule has 2 aliphatic rings. The van der Waals surface area contributed by atoms with Crippen molar-refractivity contribution in [3.8, 4) is 39.4 Å². The van der Waals surface area contributed by atoms with E-state index >= 15 is 0 Å². The number of nitrogens with zero attached hydrogens (tertiary/aromatic N) is 5. The van der Waals surface area contributed by atoms with E-state index in [4.69, 9.17) is 26.1 Å². The summed E-state index contributed by atoms with van der Waals surface area (Å²) in [7, 11) is 0. The zero-order valence-electron chi connectivity index (χ0n) is 29.4. The minimum atomic E-state index is -0.666. The highest BCUT2D eigenvalue weighted by atomic mass is 35.5. The molecule has 14 nitrogen and oxygen atoms in total. The van der Waals surface area contributed by atoms with Crippen molar-refractivity contribution in [2.24, 2.45) is 0 Å². The van der Waals surface area contributed by atoms with Crippen molar-refractivity contribution in [3.63, 3.8) is 0 Å². The number of H-pyrrole nitrogens is 2. The molecule has 2 atom stereocenters. The Bertz CT molecular complexity index is 1960. The van der Waals surface area contributed by atoms with Gasteiger partial charge in [0.25, 0.3) is 0 Å². The number of hydrogen-bond acceptors (Lipinski definition) is 9. The Balaban J connectivity index is 1.24. The molecule has 2 saturated heterocycles. The topological polar surface area (TPSA) is 180 Å². The third-order valence-electron chi connectivity index (χ3n) is 8.74. The summed E-state index contributed by atoms with van der Waals surface area (Å²) in [5.74, 6) is 0.529. The van der Waals surface area contributed by atoms with Crippen LogP contribution in [0, 0.1) is 10.1 Å². The molecule has 0 spiro atoms. The van der Waals surface area contributed by atoms with Gasteiger partial charge in [0.05, 0.1) is 44.5 Å². The smallest absolute Gasteiger partial charge is 0.410 e. The SMILES string of the molecule is CC(C)(C)OC(=O)N1CCC[C@H]1c1nc(-c2ccc(-c3c(Cl)cc(-c4c[nH]c([C@@H]5CCCN5C(=O)OC(C)(C)C)n4)c(O)c3[N+](=O)[O-])cc2)c[nH]1. The Morgan fingerprint density at radius 2 is 1.33 bits per heavy atom. The molecule has 4 heterocycles. The number of nitro groups is 1. The van der Waals surface area contributed by atoms with Crippen molar-refractivity contribution in [1.82, 2.24) is 29.7 Å². The van der Waals surface area contributed by atoms with Crippen LogP contribution in [0.15, 0.2) is 42.7 Å². The van der Waals surface area contributed by atoms with Gasteiger partial charge in [0, 0.05) is 31.0 Å². The minimum absolute atomic E-state index is 0.0496. The lowest BCUT2D eigenvalue weighted by molar-refractivity contribution is -0.385. The molecular weight excluding hydrogens is 678 g/mol. The van der Waals surface area contributed by atoms with Crippen LogP contribution in [0.4, 0.5) is 15.3 Å². The molecule has 0 saturated carbocycles. The number of amides is 2. The van der Waals surface area contributed by atoms with E-state index in [1.807, 2.05) is 20.8 Å². The molecular formula is C36H42ClN7O7. The summed E-state index contributed by atoms with van der Waals surface area (Å²) in [6.07, 6.45) is 5.43. The monoisotopic (exact) mass is 719 g/mol. The van der Waals surface area contributed by atoms with Gasteiger partial charge in [-0.3, -0.25) is 19.9 Å². The fraction of sp³-hybridized carbons (Fsp3) is 0.444. The third kappa shape index (κ3) is 7.51. The van der Waals surface area contributed by atoms with Gasteiger partial charge >= 0.3 is 17.9 Å². The molecule has 2 aromatic carbocycles. The van der Waals surface area contributed by atoms with Gasteiger partial charge in [0.1, 0.15) is 22.9 Å². The first-order valence-corrected chi connectivity index (χ1v) is 17.3. The summed E-state index contributed by atoms with van der Waals surface area (Å²) < 4.78 is 11.2. The first-order chi connectivity index (χ1) is 24.0. The zero-order valence-corrected chi connectivity index (χ0v) is 30.2. The van der Waals surface area contributed by atoms with Crippen LogP contribution in [0.25, 0.3) is 33.6 Å². The lowest BCUT2D eigenvalue weighted by Crippen LogP contribution is -2.36. The Morgan fingerprint density at radius 3 is 1.82 bits per heavy atom. The second-order valence-electron chi connectivity index (χ2n) is 14.8. The molecule has 2 fully saturated rings. The first-order valence-electron chi connectivity index (χ1n) is 16.9. The Labute approximate surface area is 300 Å². The quantitative estimate of drug-likeness (QED) is 0.130. The summed E-state index contributed by atoms with van der Waals surface area (Å²) in [5.41, 5.74) is 0.330. The van der Waals surface area contributed by atoms with Crippen molar-refractivity contribution in [2.75, 3.05) is 13.1 Å². The average molecular weight is 720 g/mol. The maximum absolute atomic E-state index is 12.8. The fourth-order valence-corrected chi connectivity index (χ4v) is 6.87. The van der Waals surface area contributed by atoms with Gasteiger partial charge in [-0.05, 0) is 78.9 Å². The Hall–Kier alpha value is -5.11. The molecule has 0 aliphatic carbocycles. The maximum Gasteiger partial charge on any atom is 0.410 e. The van der Waals surface area contributed by atoms with Crippen molar-refractivity contribution in [3.05, 3.63) is 69.5 Å². The van der Waals surface area contributed by atoms with Crippen LogP contribution in [-0.4, -0.2) is 76.2 Å². The summed E-state index contributed by atoms with van der Waals surface area (Å²) in [4.78, 5) is 56.4. The number of nitro benzene ring substituents is 1. The molecule has 4 aromatic rings. The molecule has 2 aromatic heterocycles. The molecule has 270 valence electrons. The van der Waals surface area contributed by atoms with Crippen LogP contribution in [0.3, 0.4) is 0 Å². The predicted octanol–water partition coefficient (Wildman–Crippen LogP) is 8.55. The van der Waals surface area contributed by atoms with Crippen LogP contribution in [0.5, 0.6) is 5.75 Å². The zero-order chi connectivity index (χ0) is 36.8. The molecule has 0 radical (unpaired) electrons. The largest absolute Gasteiger partial charge is 0.502 e. The highest BCUT2D eigenvalue weighted by Crippen LogP contribution is 2.48. The molecule has 51 heavy (non-hydrogen) atoms. The van der Waals surface area contributed by atoms with Crippen LogP contribution >= 0.6 is 11.6 Å². The van der Waals surface area contributed by atoms with Gasteiger partial charge in [-0.1, -0.05) is 35.9 Å². The van der Waals surface area contributed by atoms with Crippen molar-refractivity contribution >= 4 is 29.5 Å². The second-order valence-corrected chi connectivity index (χ2v) is 15.2. The number of carbonyl (C=O) groups is 2. The minimum Gasteiger partial charge on any atom is -0.502 e. The molecule has 2 aliphatic heterocycles. The summed E-state index contributed by atoms with van der Waals surface area (Å²) >= 11 is 6.72. The number of phenolic OH excluding ortho intramolecular Hbond substituents is 1. The number of halogens is 1. The van der Waals surface area contributed by atoms with Crippen molar-refractivity contribution in [2.45, 2.75) is 90.5 Å². The van der Waals surface area contributed by atoms with Gasteiger partial charge in [-0.2, -0.15) is 0 Å². The van der Waals surface area contributed by atoms with Crippen LogP contribution in [-0.2, 0) is 9.47 Å². The number of aromatic hydroxyl groups is 1. The van der Waals surface area contributed by atoms with E-state index in [0.717, 1.165) is 24.8 Å². The maximum atomic E-state index is 12.8. The van der Waals surface area contributed by atoms with E-state index in [-0.39, 0.29) is 40.0 Å². The van der Waals surface area contributed by atoms with Crippen molar-refractivity contribution in [1.29, 1.82) is 0 Å². The molecule has 0 bridgehead atoms. The fourth-order valence-electron chi connectivity index (χ4n) is 6.56. The average Bonchev–Trinajstić information content (AvgIpc) is 3.86.